The fourth-order valence-corrected chi connectivity index (χ4v) is 6.59. The normalized spacial score (nSPS) is 11.6. The number of ketones is 1. The van der Waals surface area contributed by atoms with Crippen LogP contribution in [0.4, 0.5) is 87.8 Å². The van der Waals surface area contributed by atoms with Gasteiger partial charge in [0.05, 0.1) is 12.5 Å². The van der Waals surface area contributed by atoms with E-state index in [2.05, 4.69) is 0 Å². The van der Waals surface area contributed by atoms with E-state index in [-0.39, 0.29) is 22.4 Å². The van der Waals surface area contributed by atoms with Gasteiger partial charge in [-0.25, -0.2) is 87.8 Å². The summed E-state index contributed by atoms with van der Waals surface area (Å²) in [5.41, 5.74) is -13.7. The predicted octanol–water partition coefficient (Wildman–Crippen LogP) is 7.30. The SMILES string of the molecule is C[S+](C)CC(=O)c1cccc(O)c1.Fc1c(F)c(F)c([B-](c2c(F)c(F)c(F)c(F)c2F)(c2c(F)c(F)c(F)c(F)c2F)c2c(F)c(F)c(F)c(F)c2F)c(F)c1F. The molecule has 0 fully saturated rings. The Balaban J connectivity index is 0.000000486. The molecule has 0 aliphatic carbocycles. The van der Waals surface area contributed by atoms with E-state index in [1.807, 2.05) is 12.5 Å². The first-order chi connectivity index (χ1) is 26.8. The first-order valence-corrected chi connectivity index (χ1v) is 17.1. The lowest BCUT2D eigenvalue weighted by Gasteiger charge is -2.44. The summed E-state index contributed by atoms with van der Waals surface area (Å²) in [7, 11) is 0.116. The Morgan fingerprint density at radius 3 is 0.862 bits per heavy atom. The molecule has 0 atom stereocenters. The van der Waals surface area contributed by atoms with E-state index in [0.717, 1.165) is 0 Å². The predicted molar refractivity (Wildman–Crippen MR) is 166 cm³/mol. The van der Waals surface area contributed by atoms with Crippen molar-refractivity contribution in [1.82, 2.24) is 0 Å². The Hall–Kier alpha value is -5.42. The number of carbonyl (C=O) groups excluding carboxylic acids is 1. The number of carbonyl (C=O) groups is 1. The van der Waals surface area contributed by atoms with Gasteiger partial charge in [-0.1, -0.05) is 12.1 Å². The maximum absolute atomic E-state index is 15.4. The lowest BCUT2D eigenvalue weighted by atomic mass is 9.12. The van der Waals surface area contributed by atoms with Gasteiger partial charge in [-0.15, -0.1) is 21.9 Å². The molecule has 310 valence electrons. The fourth-order valence-electron chi connectivity index (χ4n) is 5.90. The molecule has 0 unspecified atom stereocenters. The molecule has 1 N–H and O–H groups in total. The minimum Gasteiger partial charge on any atom is -0.508 e. The molecule has 0 spiro atoms. The molecule has 0 amide bonds. The van der Waals surface area contributed by atoms with Crippen LogP contribution in [0.15, 0.2) is 24.3 Å². The molecule has 0 aliphatic rings. The summed E-state index contributed by atoms with van der Waals surface area (Å²) < 4.78 is 294. The number of hydrogen-bond acceptors (Lipinski definition) is 2. The standard InChI is InChI=1S/C24BF20.C10H12O2S/c26-5-1(6(27)14(35)21(42)13(5)34)25(2-7(28)15(36)22(43)16(37)8(2)29,3-9(30)17(38)23(44)18(39)10(3)31)4-11(32)19(40)24(45)20(41)12(4)33;1-13(2)7-10(12)8-4-3-5-9(11)6-8/h;3-6H,7H2,1-2H3/q-1;/p+1. The monoisotopic (exact) mass is 876 g/mol. The number of phenols is 1. The molecule has 0 radical (unpaired) electrons. The fraction of sp³-hybridized carbons (Fsp3) is 0.0882. The van der Waals surface area contributed by atoms with Crippen molar-refractivity contribution in [3.8, 4) is 5.75 Å². The maximum Gasteiger partial charge on any atom is 0.211 e. The number of benzene rings is 5. The van der Waals surface area contributed by atoms with Crippen molar-refractivity contribution >= 4 is 44.7 Å². The van der Waals surface area contributed by atoms with Gasteiger partial charge in [-0.3, -0.25) is 4.79 Å². The molecule has 0 bridgehead atoms. The van der Waals surface area contributed by atoms with E-state index in [9.17, 15) is 57.5 Å². The van der Waals surface area contributed by atoms with E-state index < -0.39 is 144 Å². The molecule has 24 heteroatoms. The zero-order chi connectivity index (χ0) is 44.2. The lowest BCUT2D eigenvalue weighted by Crippen LogP contribution is -2.81. The second-order valence-electron chi connectivity index (χ2n) is 11.9. The minimum atomic E-state index is -7.22. The van der Waals surface area contributed by atoms with Gasteiger partial charge in [-0.05, 0) is 23.0 Å². The van der Waals surface area contributed by atoms with Crippen molar-refractivity contribution < 1.29 is 97.7 Å². The second kappa shape index (κ2) is 16.4. The number of phenolic OH excluding ortho intramolecular Hbond substituents is 1. The molecule has 0 saturated carbocycles. The number of hydrogen-bond donors (Lipinski definition) is 1. The summed E-state index contributed by atoms with van der Waals surface area (Å²) in [6, 6.07) is 6.49. The highest BCUT2D eigenvalue weighted by Crippen LogP contribution is 2.30. The molecule has 5 aromatic rings. The minimum absolute atomic E-state index is 0.101. The Kier molecular flexibility index (Phi) is 12.8. The zero-order valence-corrected chi connectivity index (χ0v) is 28.7. The first-order valence-electron chi connectivity index (χ1n) is 14.9. The van der Waals surface area contributed by atoms with Crippen molar-refractivity contribution in [2.24, 2.45) is 0 Å². The highest BCUT2D eigenvalue weighted by atomic mass is 32.2. The van der Waals surface area contributed by atoms with Crippen LogP contribution in [0.1, 0.15) is 10.4 Å². The van der Waals surface area contributed by atoms with Gasteiger partial charge >= 0.3 is 0 Å². The van der Waals surface area contributed by atoms with E-state index in [4.69, 9.17) is 5.11 Å². The van der Waals surface area contributed by atoms with Crippen LogP contribution >= 0.6 is 0 Å². The molecule has 2 nitrogen and oxygen atoms in total. The summed E-state index contributed by atoms with van der Waals surface area (Å²) in [6.07, 6.45) is -3.16. The van der Waals surface area contributed by atoms with Gasteiger partial charge in [0.25, 0.3) is 0 Å². The van der Waals surface area contributed by atoms with E-state index in [1.54, 1.807) is 18.2 Å². The van der Waals surface area contributed by atoms with Crippen LogP contribution in [0.5, 0.6) is 5.75 Å². The molecule has 0 heterocycles. The summed E-state index contributed by atoms with van der Waals surface area (Å²) >= 11 is 0. The van der Waals surface area contributed by atoms with Crippen LogP contribution in [-0.2, 0) is 10.9 Å². The quantitative estimate of drug-likeness (QED) is 0.0466. The van der Waals surface area contributed by atoms with Gasteiger partial charge < -0.3 is 5.11 Å². The van der Waals surface area contributed by atoms with Gasteiger partial charge in [0, 0.05) is 5.56 Å². The zero-order valence-electron chi connectivity index (χ0n) is 27.9. The molecule has 0 aromatic heterocycles. The third-order valence-electron chi connectivity index (χ3n) is 8.29. The summed E-state index contributed by atoms with van der Waals surface area (Å²) in [5.74, 6) is -70.6. The number of Topliss-reactive ketones (excluding diaryl/α,β-unsaturated/α-hetero) is 1. The summed E-state index contributed by atoms with van der Waals surface area (Å²) in [6.45, 7) is 0. The summed E-state index contributed by atoms with van der Waals surface area (Å²) in [5, 5.41) is 9.15. The Morgan fingerprint density at radius 2 is 0.655 bits per heavy atom. The van der Waals surface area contributed by atoms with Crippen molar-refractivity contribution in [2.75, 3.05) is 18.3 Å². The second-order valence-corrected chi connectivity index (χ2v) is 14.2. The van der Waals surface area contributed by atoms with E-state index >= 15 is 35.1 Å². The van der Waals surface area contributed by atoms with Crippen LogP contribution < -0.4 is 21.9 Å². The van der Waals surface area contributed by atoms with Crippen molar-refractivity contribution in [3.63, 3.8) is 0 Å². The molecule has 0 aliphatic heterocycles. The number of halogens is 20. The average molecular weight is 876 g/mol. The molecule has 5 aromatic carbocycles. The van der Waals surface area contributed by atoms with Gasteiger partial charge in [-0.2, -0.15) is 0 Å². The number of rotatable bonds is 7. The van der Waals surface area contributed by atoms with Crippen LogP contribution in [0.2, 0.25) is 0 Å². The van der Waals surface area contributed by atoms with Crippen LogP contribution in [0.25, 0.3) is 0 Å². The van der Waals surface area contributed by atoms with Crippen molar-refractivity contribution in [3.05, 3.63) is 146 Å². The molecule has 5 rings (SSSR count). The largest absolute Gasteiger partial charge is 0.508 e. The first kappa shape index (κ1) is 45.3. The molecular formula is C34H13BF20O2S. The van der Waals surface area contributed by atoms with Gasteiger partial charge in [0.2, 0.25) is 5.78 Å². The Morgan fingerprint density at radius 1 is 0.431 bits per heavy atom. The molecular weight excluding hydrogens is 863 g/mol. The third kappa shape index (κ3) is 7.08. The smallest absolute Gasteiger partial charge is 0.211 e. The topological polar surface area (TPSA) is 37.3 Å². The summed E-state index contributed by atoms with van der Waals surface area (Å²) in [4.78, 5) is 11.5. The number of aromatic hydroxyl groups is 1. The average Bonchev–Trinajstić information content (AvgIpc) is 3.17. The Bertz CT molecular complexity index is 2130. The maximum atomic E-state index is 15.4. The van der Waals surface area contributed by atoms with E-state index in [1.165, 1.54) is 6.07 Å². The molecule has 0 saturated heterocycles. The Labute approximate surface area is 312 Å². The molecule has 58 heavy (non-hydrogen) atoms. The van der Waals surface area contributed by atoms with Crippen LogP contribution in [0, 0.1) is 116 Å². The van der Waals surface area contributed by atoms with Crippen molar-refractivity contribution in [2.45, 2.75) is 0 Å². The van der Waals surface area contributed by atoms with Crippen LogP contribution in [0.3, 0.4) is 0 Å². The van der Waals surface area contributed by atoms with Gasteiger partial charge in [0.15, 0.2) is 75.6 Å². The highest BCUT2D eigenvalue weighted by Gasteiger charge is 2.52. The van der Waals surface area contributed by atoms with Crippen LogP contribution in [-0.4, -0.2) is 35.3 Å². The van der Waals surface area contributed by atoms with Crippen molar-refractivity contribution in [1.29, 1.82) is 0 Å². The van der Waals surface area contributed by atoms with Gasteiger partial charge in [0.1, 0.15) is 58.4 Å². The highest BCUT2D eigenvalue weighted by molar-refractivity contribution is 7.96. The lowest BCUT2D eigenvalue weighted by molar-refractivity contribution is 0.102. The third-order valence-corrected chi connectivity index (χ3v) is 9.13. The van der Waals surface area contributed by atoms with E-state index in [0.29, 0.717) is 11.3 Å².